The predicted molar refractivity (Wildman–Crippen MR) is 62.7 cm³/mol. The Hall–Kier alpha value is -1.66. The lowest BCUT2D eigenvalue weighted by Gasteiger charge is -2.07. The Morgan fingerprint density at radius 2 is 2.05 bits per heavy atom. The highest BCUT2D eigenvalue weighted by molar-refractivity contribution is 8.00. The minimum atomic E-state index is -4.54. The van der Waals surface area contributed by atoms with Crippen LogP contribution in [0.1, 0.15) is 17.1 Å². The Balaban J connectivity index is 2.40. The van der Waals surface area contributed by atoms with Crippen molar-refractivity contribution in [2.45, 2.75) is 22.5 Å². The normalized spacial score (nSPS) is 11.3. The van der Waals surface area contributed by atoms with Crippen LogP contribution >= 0.6 is 23.3 Å². The quantitative estimate of drug-likeness (QED) is 0.852. The molecule has 0 N–H and O–H groups in total. The fourth-order valence-corrected chi connectivity index (χ4v) is 2.80. The fourth-order valence-electron chi connectivity index (χ4n) is 1.16. The van der Waals surface area contributed by atoms with Gasteiger partial charge in [0, 0.05) is 0 Å². The van der Waals surface area contributed by atoms with E-state index >= 15 is 0 Å². The zero-order chi connectivity index (χ0) is 14.0. The zero-order valence-corrected chi connectivity index (χ0v) is 11.0. The van der Waals surface area contributed by atoms with Crippen molar-refractivity contribution in [2.24, 2.45) is 0 Å². The van der Waals surface area contributed by atoms with E-state index in [1.807, 2.05) is 6.07 Å². The molecule has 0 aliphatic rings. The van der Waals surface area contributed by atoms with Crippen molar-refractivity contribution in [3.8, 4) is 6.07 Å². The van der Waals surface area contributed by atoms with Gasteiger partial charge in [0.2, 0.25) is 0 Å². The number of aryl methyl sites for hydroxylation is 1. The minimum Gasteiger partial charge on any atom is -0.235 e. The van der Waals surface area contributed by atoms with Crippen LogP contribution in [0.3, 0.4) is 0 Å². The molecule has 4 nitrogen and oxygen atoms in total. The number of hydrogen-bond donors (Lipinski definition) is 0. The first-order valence-corrected chi connectivity index (χ1v) is 6.45. The number of halogens is 3. The minimum absolute atomic E-state index is 0.0199. The summed E-state index contributed by atoms with van der Waals surface area (Å²) in [7, 11) is 0. The van der Waals surface area contributed by atoms with E-state index in [-0.39, 0.29) is 10.6 Å². The van der Waals surface area contributed by atoms with Crippen molar-refractivity contribution in [1.82, 2.24) is 14.3 Å². The molecule has 0 atom stereocenters. The third-order valence-corrected chi connectivity index (χ3v) is 3.81. The summed E-state index contributed by atoms with van der Waals surface area (Å²) in [5.41, 5.74) is -0.957. The van der Waals surface area contributed by atoms with Gasteiger partial charge in [-0.2, -0.15) is 22.8 Å². The molecule has 2 rings (SSSR count). The summed E-state index contributed by atoms with van der Waals surface area (Å²) < 4.78 is 42.1. The first kappa shape index (κ1) is 13.8. The number of hydrogen-bond acceptors (Lipinski definition) is 6. The van der Waals surface area contributed by atoms with E-state index in [9.17, 15) is 13.2 Å². The van der Waals surface area contributed by atoms with E-state index in [2.05, 4.69) is 14.3 Å². The third kappa shape index (κ3) is 3.21. The van der Waals surface area contributed by atoms with Crippen molar-refractivity contribution < 1.29 is 13.2 Å². The molecule has 0 aliphatic heterocycles. The van der Waals surface area contributed by atoms with E-state index in [0.29, 0.717) is 10.2 Å². The van der Waals surface area contributed by atoms with Crippen LogP contribution in [0, 0.1) is 18.3 Å². The monoisotopic (exact) mass is 302 g/mol. The molecule has 0 aromatic carbocycles. The summed E-state index contributed by atoms with van der Waals surface area (Å²) >= 11 is 1.95. The number of pyridine rings is 1. The van der Waals surface area contributed by atoms with Crippen LogP contribution in [0.25, 0.3) is 0 Å². The molecule has 0 saturated carbocycles. The number of alkyl halides is 3. The Morgan fingerprint density at radius 1 is 1.32 bits per heavy atom. The van der Waals surface area contributed by atoms with Gasteiger partial charge in [-0.3, -0.25) is 0 Å². The molecule has 2 aromatic heterocycles. The highest BCUT2D eigenvalue weighted by atomic mass is 32.2. The molecule has 19 heavy (non-hydrogen) atoms. The molecule has 9 heteroatoms. The lowest BCUT2D eigenvalue weighted by atomic mass is 10.2. The predicted octanol–water partition coefficient (Wildman–Crippen LogP) is 3.28. The SMILES string of the molecule is Cc1nsc(Sc2nc(C(F)(F)F)ccc2C#N)n1. The van der Waals surface area contributed by atoms with E-state index in [1.165, 1.54) is 0 Å². The van der Waals surface area contributed by atoms with E-state index in [1.54, 1.807) is 6.92 Å². The van der Waals surface area contributed by atoms with Gasteiger partial charge in [0.1, 0.15) is 22.6 Å². The second-order valence-electron chi connectivity index (χ2n) is 3.37. The number of aromatic nitrogens is 3. The van der Waals surface area contributed by atoms with E-state index in [4.69, 9.17) is 5.26 Å². The van der Waals surface area contributed by atoms with Gasteiger partial charge in [0.15, 0.2) is 4.34 Å². The first-order valence-electron chi connectivity index (χ1n) is 4.86. The Kier molecular flexibility index (Phi) is 3.73. The Morgan fingerprint density at radius 3 is 2.58 bits per heavy atom. The largest absolute Gasteiger partial charge is 0.433 e. The van der Waals surface area contributed by atoms with Gasteiger partial charge in [-0.15, -0.1) is 0 Å². The molecule has 0 bridgehead atoms. The summed E-state index contributed by atoms with van der Waals surface area (Å²) in [6.45, 7) is 1.67. The third-order valence-electron chi connectivity index (χ3n) is 1.96. The van der Waals surface area contributed by atoms with Crippen LogP contribution in [0.15, 0.2) is 21.5 Å². The van der Waals surface area contributed by atoms with E-state index < -0.39 is 11.9 Å². The van der Waals surface area contributed by atoms with Gasteiger partial charge in [-0.25, -0.2) is 9.97 Å². The average molecular weight is 302 g/mol. The summed E-state index contributed by atoms with van der Waals surface area (Å²) in [6.07, 6.45) is -4.54. The number of nitrogens with zero attached hydrogens (tertiary/aromatic N) is 4. The summed E-state index contributed by atoms with van der Waals surface area (Å²) in [5.74, 6) is 0.526. The Bertz CT molecular complexity index is 645. The van der Waals surface area contributed by atoms with Crippen molar-refractivity contribution in [2.75, 3.05) is 0 Å². The second-order valence-corrected chi connectivity index (χ2v) is 5.36. The van der Waals surface area contributed by atoms with Gasteiger partial charge in [-0.1, -0.05) is 0 Å². The maximum absolute atomic E-state index is 12.6. The summed E-state index contributed by atoms with van der Waals surface area (Å²) in [6, 6.07) is 3.70. The zero-order valence-electron chi connectivity index (χ0n) is 9.39. The summed E-state index contributed by atoms with van der Waals surface area (Å²) in [5, 5.41) is 8.86. The van der Waals surface area contributed by atoms with E-state index in [0.717, 1.165) is 35.4 Å². The van der Waals surface area contributed by atoms with Gasteiger partial charge in [0.25, 0.3) is 0 Å². The van der Waals surface area contributed by atoms with Crippen molar-refractivity contribution in [1.29, 1.82) is 5.26 Å². The molecule has 0 unspecified atom stereocenters. The number of nitriles is 1. The van der Waals surface area contributed by atoms with Crippen LogP contribution in [-0.2, 0) is 6.18 Å². The highest BCUT2D eigenvalue weighted by Gasteiger charge is 2.33. The molecule has 2 heterocycles. The van der Waals surface area contributed by atoms with Gasteiger partial charge < -0.3 is 0 Å². The van der Waals surface area contributed by atoms with Gasteiger partial charge in [0.05, 0.1) is 5.56 Å². The maximum atomic E-state index is 12.6. The van der Waals surface area contributed by atoms with Gasteiger partial charge in [-0.05, 0) is 42.4 Å². The molecule has 98 valence electrons. The second kappa shape index (κ2) is 5.14. The lowest BCUT2D eigenvalue weighted by Crippen LogP contribution is -2.08. The molecule has 0 fully saturated rings. The lowest BCUT2D eigenvalue weighted by molar-refractivity contribution is -0.141. The molecule has 0 radical (unpaired) electrons. The smallest absolute Gasteiger partial charge is 0.235 e. The van der Waals surface area contributed by atoms with Crippen LogP contribution < -0.4 is 0 Å². The van der Waals surface area contributed by atoms with Crippen molar-refractivity contribution in [3.05, 3.63) is 29.2 Å². The molecule has 0 amide bonds. The van der Waals surface area contributed by atoms with Crippen molar-refractivity contribution in [3.63, 3.8) is 0 Å². The van der Waals surface area contributed by atoms with Crippen LogP contribution in [0.5, 0.6) is 0 Å². The molecule has 0 saturated heterocycles. The first-order chi connectivity index (χ1) is 8.90. The number of rotatable bonds is 2. The molecule has 0 spiro atoms. The highest BCUT2D eigenvalue weighted by Crippen LogP contribution is 2.34. The van der Waals surface area contributed by atoms with Gasteiger partial charge >= 0.3 is 6.18 Å². The molecular weight excluding hydrogens is 297 g/mol. The van der Waals surface area contributed by atoms with Crippen LogP contribution in [-0.4, -0.2) is 14.3 Å². The topological polar surface area (TPSA) is 62.5 Å². The fraction of sp³-hybridized carbons (Fsp3) is 0.200. The standard InChI is InChI=1S/C10H5F3N4S2/c1-5-15-9(19-17-5)18-8-6(4-14)2-3-7(16-8)10(11,12)13/h2-3H,1H3. The van der Waals surface area contributed by atoms with Crippen LogP contribution in [0.4, 0.5) is 13.2 Å². The summed E-state index contributed by atoms with van der Waals surface area (Å²) in [4.78, 5) is 7.49. The molecule has 0 aliphatic carbocycles. The van der Waals surface area contributed by atoms with Crippen LogP contribution in [0.2, 0.25) is 0 Å². The van der Waals surface area contributed by atoms with Crippen molar-refractivity contribution >= 4 is 23.3 Å². The molecular formula is C10H5F3N4S2. The average Bonchev–Trinajstić information content (AvgIpc) is 2.73. The Labute approximate surface area is 114 Å². The molecule has 2 aromatic rings. The maximum Gasteiger partial charge on any atom is 0.433 e.